The van der Waals surface area contributed by atoms with Crippen molar-refractivity contribution in [2.45, 2.75) is 39.0 Å². The minimum absolute atomic E-state index is 0.126. The van der Waals surface area contributed by atoms with E-state index in [1.165, 1.54) is 37.2 Å². The topological polar surface area (TPSA) is 173 Å². The van der Waals surface area contributed by atoms with Crippen molar-refractivity contribution in [1.82, 2.24) is 30.6 Å². The number of primary amides is 1. The summed E-state index contributed by atoms with van der Waals surface area (Å²) in [7, 11) is 0. The molecule has 0 fully saturated rings. The molecule has 0 saturated heterocycles. The molecule has 0 saturated carbocycles. The SMILES string of the molecule is CC(C)C[C@H](O)NC(=O)[C@H](Cc1ccccc1)NC(=O)c1cnccn1.NC(=O)c1cnccn1. The monoisotopic (exact) mass is 479 g/mol. The van der Waals surface area contributed by atoms with E-state index in [4.69, 9.17) is 5.73 Å². The summed E-state index contributed by atoms with van der Waals surface area (Å²) in [6.07, 6.45) is 8.19. The molecule has 2 heterocycles. The van der Waals surface area contributed by atoms with Crippen molar-refractivity contribution in [2.75, 3.05) is 0 Å². The molecular weight excluding hydrogens is 450 g/mol. The molecule has 0 bridgehead atoms. The molecule has 0 aliphatic rings. The van der Waals surface area contributed by atoms with Crippen molar-refractivity contribution in [3.05, 3.63) is 84.5 Å². The predicted molar refractivity (Wildman–Crippen MR) is 128 cm³/mol. The molecule has 184 valence electrons. The van der Waals surface area contributed by atoms with Crippen LogP contribution in [0.3, 0.4) is 0 Å². The zero-order valence-corrected chi connectivity index (χ0v) is 19.5. The largest absolute Gasteiger partial charge is 0.374 e. The number of nitrogens with two attached hydrogens (primary N) is 1. The van der Waals surface area contributed by atoms with Crippen LogP contribution in [0.4, 0.5) is 0 Å². The van der Waals surface area contributed by atoms with Crippen molar-refractivity contribution in [3.63, 3.8) is 0 Å². The maximum absolute atomic E-state index is 12.6. The number of aliphatic hydroxyl groups excluding tert-OH is 1. The molecule has 11 heteroatoms. The van der Waals surface area contributed by atoms with Gasteiger partial charge in [-0.3, -0.25) is 24.4 Å². The van der Waals surface area contributed by atoms with E-state index >= 15 is 0 Å². The van der Waals surface area contributed by atoms with Gasteiger partial charge in [-0.25, -0.2) is 9.97 Å². The molecule has 5 N–H and O–H groups in total. The number of carbonyl (C=O) groups excluding carboxylic acids is 3. The first kappa shape index (κ1) is 27.0. The average Bonchev–Trinajstić information content (AvgIpc) is 2.85. The Morgan fingerprint density at radius 1 is 0.914 bits per heavy atom. The summed E-state index contributed by atoms with van der Waals surface area (Å²) in [5.41, 5.74) is 6.08. The van der Waals surface area contributed by atoms with Crippen LogP contribution in [-0.4, -0.2) is 55.0 Å². The van der Waals surface area contributed by atoms with Crippen LogP contribution in [0.2, 0.25) is 0 Å². The van der Waals surface area contributed by atoms with Crippen LogP contribution in [0.25, 0.3) is 0 Å². The van der Waals surface area contributed by atoms with Gasteiger partial charge in [-0.05, 0) is 17.9 Å². The lowest BCUT2D eigenvalue weighted by atomic mass is 10.0. The number of aliphatic hydroxyl groups is 1. The standard InChI is InChI=1S/C19H24N4O3.C5H5N3O/c1-13(2)10-17(24)23-18(25)15(11-14-6-4-3-5-7-14)22-19(26)16-12-20-8-9-21-16;6-5(9)4-3-7-1-2-8-4/h3-9,12-13,15,17,24H,10-11H2,1-2H3,(H,22,26)(H,23,25);1-3H,(H2,6,9)/t15-,17-;/m0./s1. The molecular formula is C24H29N7O4. The summed E-state index contributed by atoms with van der Waals surface area (Å²) >= 11 is 0. The lowest BCUT2D eigenvalue weighted by Crippen LogP contribution is -2.51. The molecule has 0 radical (unpaired) electrons. The van der Waals surface area contributed by atoms with Crippen molar-refractivity contribution in [1.29, 1.82) is 0 Å². The highest BCUT2D eigenvalue weighted by Crippen LogP contribution is 2.07. The summed E-state index contributed by atoms with van der Waals surface area (Å²) in [6, 6.07) is 8.51. The van der Waals surface area contributed by atoms with E-state index in [2.05, 4.69) is 30.6 Å². The second kappa shape index (κ2) is 14.1. The Hall–Kier alpha value is -4.25. The van der Waals surface area contributed by atoms with Crippen LogP contribution in [-0.2, 0) is 11.2 Å². The third kappa shape index (κ3) is 10.0. The van der Waals surface area contributed by atoms with Crippen LogP contribution < -0.4 is 16.4 Å². The molecule has 0 aliphatic carbocycles. The van der Waals surface area contributed by atoms with E-state index in [0.717, 1.165) is 5.56 Å². The molecule has 0 aliphatic heterocycles. The van der Waals surface area contributed by atoms with Gasteiger partial charge in [-0.15, -0.1) is 0 Å². The summed E-state index contributed by atoms with van der Waals surface area (Å²) < 4.78 is 0. The minimum atomic E-state index is -0.964. The van der Waals surface area contributed by atoms with Crippen LogP contribution in [0.1, 0.15) is 46.8 Å². The predicted octanol–water partition coefficient (Wildman–Crippen LogP) is 0.874. The van der Waals surface area contributed by atoms with Crippen molar-refractivity contribution >= 4 is 17.7 Å². The summed E-state index contributed by atoms with van der Waals surface area (Å²) in [6.45, 7) is 3.90. The Kier molecular flexibility index (Phi) is 10.9. The Morgan fingerprint density at radius 2 is 1.51 bits per heavy atom. The van der Waals surface area contributed by atoms with E-state index in [0.29, 0.717) is 12.8 Å². The van der Waals surface area contributed by atoms with Gasteiger partial charge in [-0.1, -0.05) is 44.2 Å². The summed E-state index contributed by atoms with van der Waals surface area (Å²) in [5, 5.41) is 15.2. The van der Waals surface area contributed by atoms with Gasteiger partial charge in [0.2, 0.25) is 5.91 Å². The van der Waals surface area contributed by atoms with Gasteiger partial charge in [0.25, 0.3) is 11.8 Å². The molecule has 3 rings (SSSR count). The normalized spacial score (nSPS) is 12.0. The minimum Gasteiger partial charge on any atom is -0.374 e. The van der Waals surface area contributed by atoms with Gasteiger partial charge in [0.15, 0.2) is 0 Å². The van der Waals surface area contributed by atoms with Crippen LogP contribution in [0.15, 0.2) is 67.5 Å². The summed E-state index contributed by atoms with van der Waals surface area (Å²) in [5.74, 6) is -1.26. The Bertz CT molecular complexity index is 1070. The fourth-order valence-electron chi connectivity index (χ4n) is 2.90. The molecule has 2 atom stereocenters. The number of nitrogens with one attached hydrogen (secondary N) is 2. The highest BCUT2D eigenvalue weighted by atomic mass is 16.3. The van der Waals surface area contributed by atoms with Crippen molar-refractivity contribution in [3.8, 4) is 0 Å². The maximum atomic E-state index is 12.6. The van der Waals surface area contributed by atoms with Crippen molar-refractivity contribution < 1.29 is 19.5 Å². The zero-order valence-electron chi connectivity index (χ0n) is 19.5. The molecule has 0 unspecified atom stereocenters. The first-order valence-corrected chi connectivity index (χ1v) is 10.9. The molecule has 35 heavy (non-hydrogen) atoms. The van der Waals surface area contributed by atoms with E-state index in [1.54, 1.807) is 0 Å². The maximum Gasteiger partial charge on any atom is 0.272 e. The number of aromatic nitrogens is 4. The van der Waals surface area contributed by atoms with Gasteiger partial charge in [-0.2, -0.15) is 0 Å². The van der Waals surface area contributed by atoms with Gasteiger partial charge >= 0.3 is 0 Å². The first-order valence-electron chi connectivity index (χ1n) is 10.9. The quantitative estimate of drug-likeness (QED) is 0.327. The number of hydrogen-bond acceptors (Lipinski definition) is 8. The van der Waals surface area contributed by atoms with Gasteiger partial charge in [0.05, 0.1) is 12.4 Å². The third-order valence-electron chi connectivity index (χ3n) is 4.52. The van der Waals surface area contributed by atoms with Crippen LogP contribution >= 0.6 is 0 Å². The fraction of sp³-hybridized carbons (Fsp3) is 0.292. The van der Waals surface area contributed by atoms with Gasteiger partial charge in [0, 0.05) is 31.2 Å². The molecule has 2 aromatic heterocycles. The van der Waals surface area contributed by atoms with E-state index in [-0.39, 0.29) is 17.3 Å². The van der Waals surface area contributed by atoms with Crippen LogP contribution in [0, 0.1) is 5.92 Å². The molecule has 3 aromatic rings. The number of amides is 3. The fourth-order valence-corrected chi connectivity index (χ4v) is 2.90. The number of benzene rings is 1. The van der Waals surface area contributed by atoms with Gasteiger partial charge in [0.1, 0.15) is 23.7 Å². The average molecular weight is 480 g/mol. The Labute approximate surface area is 203 Å². The van der Waals surface area contributed by atoms with Crippen molar-refractivity contribution in [2.24, 2.45) is 11.7 Å². The number of carbonyl (C=O) groups is 3. The molecule has 1 aromatic carbocycles. The highest BCUT2D eigenvalue weighted by molar-refractivity contribution is 5.96. The van der Waals surface area contributed by atoms with E-state index in [9.17, 15) is 19.5 Å². The van der Waals surface area contributed by atoms with Crippen LogP contribution in [0.5, 0.6) is 0 Å². The number of rotatable bonds is 9. The summed E-state index contributed by atoms with van der Waals surface area (Å²) in [4.78, 5) is 50.3. The second-order valence-electron chi connectivity index (χ2n) is 7.92. The Morgan fingerprint density at radius 3 is 2.00 bits per heavy atom. The molecule has 11 nitrogen and oxygen atoms in total. The lowest BCUT2D eigenvalue weighted by Gasteiger charge is -2.21. The highest BCUT2D eigenvalue weighted by Gasteiger charge is 2.24. The molecule has 3 amide bonds. The first-order chi connectivity index (χ1) is 16.8. The zero-order chi connectivity index (χ0) is 25.6. The number of hydrogen-bond donors (Lipinski definition) is 4. The second-order valence-corrected chi connectivity index (χ2v) is 7.92. The van der Waals surface area contributed by atoms with Gasteiger partial charge < -0.3 is 21.5 Å². The number of nitrogens with zero attached hydrogens (tertiary/aromatic N) is 4. The smallest absolute Gasteiger partial charge is 0.272 e. The third-order valence-corrected chi connectivity index (χ3v) is 4.52. The van der Waals surface area contributed by atoms with E-state index < -0.39 is 30.0 Å². The Balaban J connectivity index is 0.000000402. The molecule has 0 spiro atoms. The van der Waals surface area contributed by atoms with E-state index in [1.807, 2.05) is 44.2 Å². The lowest BCUT2D eigenvalue weighted by molar-refractivity contribution is -0.126.